The Hall–Kier alpha value is -1.54. The fraction of sp³-hybridized carbons (Fsp3) is 0.474. The summed E-state index contributed by atoms with van der Waals surface area (Å²) in [5.41, 5.74) is 1.11. The van der Waals surface area contributed by atoms with E-state index in [0.29, 0.717) is 5.75 Å². The van der Waals surface area contributed by atoms with E-state index in [2.05, 4.69) is 29.2 Å². The highest BCUT2D eigenvalue weighted by Crippen LogP contribution is 2.39. The molecule has 1 saturated carbocycles. The van der Waals surface area contributed by atoms with Crippen LogP contribution in [0.1, 0.15) is 37.7 Å². The predicted molar refractivity (Wildman–Crippen MR) is 86.4 cm³/mol. The van der Waals surface area contributed by atoms with Gasteiger partial charge in [0.2, 0.25) is 0 Å². The first-order valence-electron chi connectivity index (χ1n) is 8.26. The Bertz CT molecular complexity index is 651. The van der Waals surface area contributed by atoms with Crippen molar-refractivity contribution in [2.24, 2.45) is 5.92 Å². The molecule has 1 aliphatic carbocycles. The first-order valence-corrected chi connectivity index (χ1v) is 8.26. The van der Waals surface area contributed by atoms with E-state index in [1.165, 1.54) is 49.4 Å². The zero-order valence-corrected chi connectivity index (χ0v) is 12.5. The Balaban J connectivity index is 1.69. The lowest BCUT2D eigenvalue weighted by Crippen LogP contribution is -2.41. The SMILES string of the molecule is Oc1ccc2ccccc2c1CN1CCCC2CCCC21. The molecule has 0 spiro atoms. The van der Waals surface area contributed by atoms with Crippen molar-refractivity contribution in [3.63, 3.8) is 0 Å². The van der Waals surface area contributed by atoms with Crippen LogP contribution in [0.3, 0.4) is 0 Å². The summed E-state index contributed by atoms with van der Waals surface area (Å²) in [4.78, 5) is 2.63. The molecule has 1 N–H and O–H groups in total. The van der Waals surface area contributed by atoms with Crippen molar-refractivity contribution < 1.29 is 5.11 Å². The predicted octanol–water partition coefficient (Wildman–Crippen LogP) is 4.31. The molecule has 2 fully saturated rings. The summed E-state index contributed by atoms with van der Waals surface area (Å²) >= 11 is 0. The molecule has 1 saturated heterocycles. The van der Waals surface area contributed by atoms with Gasteiger partial charge in [-0.05, 0) is 55.0 Å². The number of rotatable bonds is 2. The van der Waals surface area contributed by atoms with Gasteiger partial charge in [-0.15, -0.1) is 0 Å². The molecule has 2 nitrogen and oxygen atoms in total. The number of phenolic OH excluding ortho intramolecular Hbond substituents is 1. The Morgan fingerprint density at radius 3 is 2.81 bits per heavy atom. The molecule has 1 heterocycles. The first-order chi connectivity index (χ1) is 10.3. The molecule has 4 rings (SSSR count). The molecule has 0 aromatic heterocycles. The molecule has 2 atom stereocenters. The zero-order chi connectivity index (χ0) is 14.2. The maximum Gasteiger partial charge on any atom is 0.120 e. The highest BCUT2D eigenvalue weighted by atomic mass is 16.3. The normalized spacial score (nSPS) is 26.1. The fourth-order valence-corrected chi connectivity index (χ4v) is 4.45. The van der Waals surface area contributed by atoms with Crippen molar-refractivity contribution in [3.05, 3.63) is 42.0 Å². The van der Waals surface area contributed by atoms with Crippen molar-refractivity contribution >= 4 is 10.8 Å². The Morgan fingerprint density at radius 2 is 1.86 bits per heavy atom. The molecule has 2 heteroatoms. The van der Waals surface area contributed by atoms with Gasteiger partial charge in [0.15, 0.2) is 0 Å². The third-order valence-corrected chi connectivity index (χ3v) is 5.49. The van der Waals surface area contributed by atoms with Crippen LogP contribution < -0.4 is 0 Å². The van der Waals surface area contributed by atoms with Gasteiger partial charge in [0.1, 0.15) is 5.75 Å². The molecular formula is C19H23NO. The fourth-order valence-electron chi connectivity index (χ4n) is 4.45. The lowest BCUT2D eigenvalue weighted by molar-refractivity contribution is 0.105. The van der Waals surface area contributed by atoms with Crippen LogP contribution >= 0.6 is 0 Å². The Morgan fingerprint density at radius 1 is 1.00 bits per heavy atom. The Kier molecular flexibility index (Phi) is 3.34. The summed E-state index contributed by atoms with van der Waals surface area (Å²) in [5.74, 6) is 1.35. The summed E-state index contributed by atoms with van der Waals surface area (Å²) in [6, 6.07) is 13.0. The van der Waals surface area contributed by atoms with E-state index in [9.17, 15) is 5.11 Å². The number of piperidine rings is 1. The van der Waals surface area contributed by atoms with E-state index in [0.717, 1.165) is 24.1 Å². The van der Waals surface area contributed by atoms with Crippen molar-refractivity contribution in [3.8, 4) is 5.75 Å². The summed E-state index contributed by atoms with van der Waals surface area (Å²) in [5, 5.41) is 12.8. The van der Waals surface area contributed by atoms with Crippen molar-refractivity contribution in [1.29, 1.82) is 0 Å². The van der Waals surface area contributed by atoms with Crippen LogP contribution in [0.4, 0.5) is 0 Å². The second-order valence-electron chi connectivity index (χ2n) is 6.66. The number of phenols is 1. The third-order valence-electron chi connectivity index (χ3n) is 5.49. The lowest BCUT2D eigenvalue weighted by Gasteiger charge is -2.38. The number of benzene rings is 2. The van der Waals surface area contributed by atoms with Crippen LogP contribution in [0.2, 0.25) is 0 Å². The molecular weight excluding hydrogens is 258 g/mol. The molecule has 110 valence electrons. The monoisotopic (exact) mass is 281 g/mol. The summed E-state index contributed by atoms with van der Waals surface area (Å²) < 4.78 is 0. The molecule has 0 bridgehead atoms. The zero-order valence-electron chi connectivity index (χ0n) is 12.5. The van der Waals surface area contributed by atoms with Gasteiger partial charge >= 0.3 is 0 Å². The minimum absolute atomic E-state index is 0.453. The number of hydrogen-bond acceptors (Lipinski definition) is 2. The molecule has 2 unspecified atom stereocenters. The topological polar surface area (TPSA) is 23.5 Å². The van der Waals surface area contributed by atoms with E-state index < -0.39 is 0 Å². The third kappa shape index (κ3) is 2.32. The average Bonchev–Trinajstić information content (AvgIpc) is 2.99. The minimum atomic E-state index is 0.453. The van der Waals surface area contributed by atoms with Crippen molar-refractivity contribution in [2.45, 2.75) is 44.7 Å². The van der Waals surface area contributed by atoms with Crippen LogP contribution in [0, 0.1) is 5.92 Å². The van der Waals surface area contributed by atoms with E-state index in [1.54, 1.807) is 0 Å². The molecule has 0 radical (unpaired) electrons. The molecule has 1 aliphatic heterocycles. The number of hydrogen-bond donors (Lipinski definition) is 1. The lowest BCUT2D eigenvalue weighted by atomic mass is 9.91. The number of aromatic hydroxyl groups is 1. The van der Waals surface area contributed by atoms with Gasteiger partial charge in [0.25, 0.3) is 0 Å². The highest BCUT2D eigenvalue weighted by Gasteiger charge is 2.35. The second kappa shape index (κ2) is 5.34. The van der Waals surface area contributed by atoms with Crippen LogP contribution in [0.5, 0.6) is 5.75 Å². The molecule has 2 aromatic carbocycles. The van der Waals surface area contributed by atoms with Gasteiger partial charge in [0.05, 0.1) is 0 Å². The van der Waals surface area contributed by atoms with Crippen LogP contribution in [0.15, 0.2) is 36.4 Å². The van der Waals surface area contributed by atoms with E-state index in [4.69, 9.17) is 0 Å². The quantitative estimate of drug-likeness (QED) is 0.886. The van der Waals surface area contributed by atoms with Crippen molar-refractivity contribution in [2.75, 3.05) is 6.54 Å². The maximum atomic E-state index is 10.4. The van der Waals surface area contributed by atoms with Crippen LogP contribution in [0.25, 0.3) is 10.8 Å². The smallest absolute Gasteiger partial charge is 0.120 e. The summed E-state index contributed by atoms with van der Waals surface area (Å²) in [6.07, 6.45) is 6.85. The number of fused-ring (bicyclic) bond motifs is 2. The average molecular weight is 281 g/mol. The van der Waals surface area contributed by atoms with Gasteiger partial charge in [-0.2, -0.15) is 0 Å². The van der Waals surface area contributed by atoms with Crippen LogP contribution in [-0.2, 0) is 6.54 Å². The first kappa shape index (κ1) is 13.1. The molecule has 2 aromatic rings. The number of nitrogens with zero attached hydrogens (tertiary/aromatic N) is 1. The van der Waals surface area contributed by atoms with Gasteiger partial charge < -0.3 is 5.11 Å². The van der Waals surface area contributed by atoms with Gasteiger partial charge in [-0.3, -0.25) is 4.90 Å². The van der Waals surface area contributed by atoms with Crippen molar-refractivity contribution in [1.82, 2.24) is 4.90 Å². The Labute approximate surface area is 126 Å². The molecule has 2 aliphatic rings. The van der Waals surface area contributed by atoms with Crippen LogP contribution in [-0.4, -0.2) is 22.6 Å². The molecule has 21 heavy (non-hydrogen) atoms. The standard InChI is InChI=1S/C19H23NO/c21-19-11-10-14-5-1-2-8-16(14)17(19)13-20-12-4-7-15-6-3-9-18(15)20/h1-2,5,8,10-11,15,18,21H,3-4,6-7,9,12-13H2. The number of likely N-dealkylation sites (tertiary alicyclic amines) is 1. The highest BCUT2D eigenvalue weighted by molar-refractivity contribution is 5.87. The summed E-state index contributed by atoms with van der Waals surface area (Å²) in [6.45, 7) is 2.08. The second-order valence-corrected chi connectivity index (χ2v) is 6.66. The van der Waals surface area contributed by atoms with E-state index >= 15 is 0 Å². The summed E-state index contributed by atoms with van der Waals surface area (Å²) in [7, 11) is 0. The van der Waals surface area contributed by atoms with E-state index in [-0.39, 0.29) is 0 Å². The molecule has 0 amide bonds. The maximum absolute atomic E-state index is 10.4. The largest absolute Gasteiger partial charge is 0.508 e. The van der Waals surface area contributed by atoms with Gasteiger partial charge in [-0.1, -0.05) is 36.8 Å². The van der Waals surface area contributed by atoms with Gasteiger partial charge in [0, 0.05) is 18.2 Å². The van der Waals surface area contributed by atoms with E-state index in [1.807, 2.05) is 12.1 Å². The minimum Gasteiger partial charge on any atom is -0.508 e. The van der Waals surface area contributed by atoms with Gasteiger partial charge in [-0.25, -0.2) is 0 Å².